The summed E-state index contributed by atoms with van der Waals surface area (Å²) in [5.41, 5.74) is 3.00. The van der Waals surface area contributed by atoms with Crippen LogP contribution in [0.15, 0.2) is 84.9 Å². The molecular formula is C25H22N2O4. The second-order valence-electron chi connectivity index (χ2n) is 7.07. The summed E-state index contributed by atoms with van der Waals surface area (Å²) in [6.45, 7) is 0.996. The number of methoxy groups -OCH3 is 1. The molecule has 6 heteroatoms. The normalized spacial score (nSPS) is 10.6. The number of ether oxygens (including phenoxy) is 2. The van der Waals surface area contributed by atoms with Gasteiger partial charge < -0.3 is 14.8 Å². The minimum absolute atomic E-state index is 0.0694. The quantitative estimate of drug-likeness (QED) is 0.285. The largest absolute Gasteiger partial charge is 0.493 e. The highest BCUT2D eigenvalue weighted by atomic mass is 16.6. The Balaban J connectivity index is 1.43. The third-order valence-corrected chi connectivity index (χ3v) is 5.07. The topological polar surface area (TPSA) is 73.6 Å². The molecule has 0 spiro atoms. The van der Waals surface area contributed by atoms with Gasteiger partial charge in [0.25, 0.3) is 5.69 Å². The minimum atomic E-state index is -0.411. The molecule has 1 N–H and O–H groups in total. The van der Waals surface area contributed by atoms with Crippen molar-refractivity contribution in [1.29, 1.82) is 0 Å². The molecule has 31 heavy (non-hydrogen) atoms. The average molecular weight is 414 g/mol. The lowest BCUT2D eigenvalue weighted by atomic mass is 10.1. The first-order valence-electron chi connectivity index (χ1n) is 9.89. The Labute approximate surface area is 180 Å². The molecule has 0 saturated heterocycles. The zero-order valence-electron chi connectivity index (χ0n) is 17.1. The van der Waals surface area contributed by atoms with Gasteiger partial charge in [-0.15, -0.1) is 0 Å². The van der Waals surface area contributed by atoms with Crippen LogP contribution in [0.1, 0.15) is 11.1 Å². The third-order valence-electron chi connectivity index (χ3n) is 5.07. The summed E-state index contributed by atoms with van der Waals surface area (Å²) in [4.78, 5) is 10.4. The monoisotopic (exact) mass is 414 g/mol. The number of nitrogens with one attached hydrogen (secondary N) is 1. The van der Waals surface area contributed by atoms with Crippen molar-refractivity contribution in [2.75, 3.05) is 12.4 Å². The zero-order valence-corrected chi connectivity index (χ0v) is 17.1. The number of nitro benzene ring substituents is 1. The molecule has 0 amide bonds. The molecule has 0 aliphatic carbocycles. The van der Waals surface area contributed by atoms with Gasteiger partial charge in [0.05, 0.1) is 12.0 Å². The molecule has 0 aliphatic rings. The van der Waals surface area contributed by atoms with Gasteiger partial charge in [0.15, 0.2) is 11.5 Å². The van der Waals surface area contributed by atoms with Gasteiger partial charge in [-0.05, 0) is 46.2 Å². The van der Waals surface area contributed by atoms with E-state index in [4.69, 9.17) is 9.47 Å². The molecule has 0 atom stereocenters. The van der Waals surface area contributed by atoms with Gasteiger partial charge in [-0.2, -0.15) is 0 Å². The molecule has 0 saturated carbocycles. The molecule has 0 bridgehead atoms. The van der Waals surface area contributed by atoms with Crippen molar-refractivity contribution in [3.63, 3.8) is 0 Å². The van der Waals surface area contributed by atoms with Crippen LogP contribution in [-0.2, 0) is 13.2 Å². The van der Waals surface area contributed by atoms with Crippen molar-refractivity contribution in [3.05, 3.63) is 106 Å². The fourth-order valence-corrected chi connectivity index (χ4v) is 3.42. The number of fused-ring (bicyclic) bond motifs is 1. The lowest BCUT2D eigenvalue weighted by molar-refractivity contribution is -0.384. The summed E-state index contributed by atoms with van der Waals surface area (Å²) >= 11 is 0. The van der Waals surface area contributed by atoms with Crippen LogP contribution < -0.4 is 14.8 Å². The van der Waals surface area contributed by atoms with Crippen molar-refractivity contribution in [1.82, 2.24) is 0 Å². The number of anilines is 1. The highest BCUT2D eigenvalue weighted by molar-refractivity contribution is 5.85. The summed E-state index contributed by atoms with van der Waals surface area (Å²) in [5, 5.41) is 16.4. The maximum absolute atomic E-state index is 10.8. The van der Waals surface area contributed by atoms with Gasteiger partial charge in [0.1, 0.15) is 6.61 Å². The van der Waals surface area contributed by atoms with Crippen molar-refractivity contribution >= 4 is 22.1 Å². The molecule has 6 nitrogen and oxygen atoms in total. The van der Waals surface area contributed by atoms with E-state index in [-0.39, 0.29) is 5.69 Å². The molecule has 4 rings (SSSR count). The summed E-state index contributed by atoms with van der Waals surface area (Å²) in [6, 6.07) is 26.6. The van der Waals surface area contributed by atoms with E-state index in [2.05, 4.69) is 29.6 Å². The van der Waals surface area contributed by atoms with Gasteiger partial charge in [0, 0.05) is 24.4 Å². The van der Waals surface area contributed by atoms with Crippen LogP contribution in [0.25, 0.3) is 10.8 Å². The van der Waals surface area contributed by atoms with Gasteiger partial charge in [-0.25, -0.2) is 0 Å². The van der Waals surface area contributed by atoms with Crippen LogP contribution in [0.3, 0.4) is 0 Å². The number of non-ortho nitro benzene ring substituents is 1. The molecule has 0 heterocycles. The molecule has 0 radical (unpaired) electrons. The summed E-state index contributed by atoms with van der Waals surface area (Å²) in [7, 11) is 1.62. The van der Waals surface area contributed by atoms with Crippen LogP contribution in [-0.4, -0.2) is 12.0 Å². The SMILES string of the molecule is COc1cc(CNc2ccc([N+](=O)[O-])cc2)ccc1OCc1cccc2ccccc12. The molecule has 4 aromatic carbocycles. The zero-order chi connectivity index (χ0) is 21.6. The first-order chi connectivity index (χ1) is 15.1. The first-order valence-corrected chi connectivity index (χ1v) is 9.89. The number of nitro groups is 1. The average Bonchev–Trinajstić information content (AvgIpc) is 2.81. The van der Waals surface area contributed by atoms with E-state index in [1.807, 2.05) is 36.4 Å². The van der Waals surface area contributed by atoms with Gasteiger partial charge in [0.2, 0.25) is 0 Å². The van der Waals surface area contributed by atoms with Crippen LogP contribution in [0.5, 0.6) is 11.5 Å². The molecule has 0 fully saturated rings. The van der Waals surface area contributed by atoms with Crippen LogP contribution in [0.4, 0.5) is 11.4 Å². The van der Waals surface area contributed by atoms with E-state index in [9.17, 15) is 10.1 Å². The van der Waals surface area contributed by atoms with Crippen molar-refractivity contribution in [2.45, 2.75) is 13.2 Å². The Morgan fingerprint density at radius 2 is 1.68 bits per heavy atom. The Morgan fingerprint density at radius 3 is 2.45 bits per heavy atom. The predicted molar refractivity (Wildman–Crippen MR) is 122 cm³/mol. The second kappa shape index (κ2) is 9.17. The molecular weight excluding hydrogens is 392 g/mol. The van der Waals surface area contributed by atoms with Gasteiger partial charge >= 0.3 is 0 Å². The third kappa shape index (κ3) is 4.75. The predicted octanol–water partition coefficient (Wildman–Crippen LogP) is 5.95. The number of hydrogen-bond donors (Lipinski definition) is 1. The fraction of sp³-hybridized carbons (Fsp3) is 0.120. The van der Waals surface area contributed by atoms with Gasteiger partial charge in [-0.3, -0.25) is 10.1 Å². The van der Waals surface area contributed by atoms with Crippen LogP contribution >= 0.6 is 0 Å². The highest BCUT2D eigenvalue weighted by Gasteiger charge is 2.09. The summed E-state index contributed by atoms with van der Waals surface area (Å²) in [5.74, 6) is 1.33. The molecule has 0 aromatic heterocycles. The lowest BCUT2D eigenvalue weighted by Crippen LogP contribution is -2.02. The maximum Gasteiger partial charge on any atom is 0.269 e. The van der Waals surface area contributed by atoms with Crippen molar-refractivity contribution in [2.24, 2.45) is 0 Å². The van der Waals surface area contributed by atoms with Crippen LogP contribution in [0, 0.1) is 10.1 Å². The van der Waals surface area contributed by atoms with E-state index in [0.29, 0.717) is 24.7 Å². The molecule has 0 aliphatic heterocycles. The Bertz CT molecular complexity index is 1200. The Morgan fingerprint density at radius 1 is 0.903 bits per heavy atom. The van der Waals surface area contributed by atoms with Crippen molar-refractivity contribution < 1.29 is 14.4 Å². The molecule has 0 unspecified atom stereocenters. The standard InChI is InChI=1S/C25H22N2O4/c1-30-25-15-18(16-26-21-10-12-22(13-11-21)27(28)29)9-14-24(25)31-17-20-7-4-6-19-5-2-3-8-23(19)20/h2-15,26H,16-17H2,1H3. The van der Waals surface area contributed by atoms with Crippen LogP contribution in [0.2, 0.25) is 0 Å². The van der Waals surface area contributed by atoms with E-state index in [1.54, 1.807) is 19.2 Å². The van der Waals surface area contributed by atoms with Crippen molar-refractivity contribution in [3.8, 4) is 11.5 Å². The van der Waals surface area contributed by atoms with E-state index in [1.165, 1.54) is 22.9 Å². The number of nitrogens with zero attached hydrogens (tertiary/aromatic N) is 1. The first kappa shape index (κ1) is 20.2. The van der Waals surface area contributed by atoms with E-state index >= 15 is 0 Å². The van der Waals surface area contributed by atoms with E-state index in [0.717, 1.165) is 16.8 Å². The Hall–Kier alpha value is -4.06. The Kier molecular flexibility index (Phi) is 5.98. The second-order valence-corrected chi connectivity index (χ2v) is 7.07. The molecule has 4 aromatic rings. The minimum Gasteiger partial charge on any atom is -0.493 e. The summed E-state index contributed by atoms with van der Waals surface area (Å²) < 4.78 is 11.6. The fourth-order valence-electron chi connectivity index (χ4n) is 3.42. The lowest BCUT2D eigenvalue weighted by Gasteiger charge is -2.14. The number of hydrogen-bond acceptors (Lipinski definition) is 5. The van der Waals surface area contributed by atoms with E-state index < -0.39 is 4.92 Å². The van der Waals surface area contributed by atoms with Gasteiger partial charge in [-0.1, -0.05) is 48.5 Å². The summed E-state index contributed by atoms with van der Waals surface area (Å²) in [6.07, 6.45) is 0. The molecule has 156 valence electrons. The highest BCUT2D eigenvalue weighted by Crippen LogP contribution is 2.30. The number of rotatable bonds is 8. The smallest absolute Gasteiger partial charge is 0.269 e. The number of benzene rings is 4. The maximum atomic E-state index is 10.8.